The highest BCUT2D eigenvalue weighted by Gasteiger charge is 2.40. The molecule has 0 saturated carbocycles. The molecule has 4 rings (SSSR count). The van der Waals surface area contributed by atoms with Crippen molar-refractivity contribution in [3.8, 4) is 0 Å². The lowest BCUT2D eigenvalue weighted by atomic mass is 10.1. The Morgan fingerprint density at radius 1 is 1.04 bits per heavy atom. The molecule has 7 heteroatoms. The summed E-state index contributed by atoms with van der Waals surface area (Å²) < 4.78 is 0. The van der Waals surface area contributed by atoms with Crippen LogP contribution in [0.1, 0.15) is 17.8 Å². The van der Waals surface area contributed by atoms with Crippen LogP contribution in [0.2, 0.25) is 0 Å². The number of aromatic nitrogens is 3. The molecule has 1 unspecified atom stereocenters. The van der Waals surface area contributed by atoms with Crippen molar-refractivity contribution >= 4 is 29.3 Å². The molecule has 6 nitrogen and oxygen atoms in total. The van der Waals surface area contributed by atoms with Crippen LogP contribution in [-0.4, -0.2) is 32.2 Å². The van der Waals surface area contributed by atoms with E-state index in [1.807, 2.05) is 48.5 Å². The highest BCUT2D eigenvalue weighted by atomic mass is 32.2. The van der Waals surface area contributed by atoms with Gasteiger partial charge >= 0.3 is 0 Å². The van der Waals surface area contributed by atoms with Gasteiger partial charge in [0.1, 0.15) is 11.1 Å². The van der Waals surface area contributed by atoms with E-state index in [-0.39, 0.29) is 18.2 Å². The lowest BCUT2D eigenvalue weighted by Gasteiger charge is -2.14. The van der Waals surface area contributed by atoms with E-state index >= 15 is 0 Å². The maximum Gasteiger partial charge on any atom is 0.247 e. The fraction of sp³-hybridized carbons (Fsp3) is 0.158. The lowest BCUT2D eigenvalue weighted by molar-refractivity contribution is -0.121. The molecule has 1 atom stereocenters. The maximum absolute atomic E-state index is 12.6. The number of nitrogens with zero attached hydrogens (tertiary/aromatic N) is 3. The standard InChI is InChI=1S/C19H16N4O2S/c24-17-12-15(18(25)23(17)14-9-5-2-6-10-14)26-19-20-16(21-22-19)11-13-7-3-1-4-8-13/h1-10,15H,11-12H2,(H,20,21,22). The first-order valence-corrected chi connectivity index (χ1v) is 9.12. The van der Waals surface area contributed by atoms with Crippen LogP contribution >= 0.6 is 11.8 Å². The van der Waals surface area contributed by atoms with Crippen LogP contribution in [0.3, 0.4) is 0 Å². The van der Waals surface area contributed by atoms with Gasteiger partial charge in [-0.15, -0.1) is 5.10 Å². The number of hydrogen-bond acceptors (Lipinski definition) is 5. The molecule has 26 heavy (non-hydrogen) atoms. The van der Waals surface area contributed by atoms with E-state index in [4.69, 9.17) is 0 Å². The number of H-pyrrole nitrogens is 1. The minimum Gasteiger partial charge on any atom is -0.274 e. The van der Waals surface area contributed by atoms with Gasteiger partial charge in [0.25, 0.3) is 0 Å². The van der Waals surface area contributed by atoms with Gasteiger partial charge in [0.05, 0.1) is 5.69 Å². The smallest absolute Gasteiger partial charge is 0.247 e. The van der Waals surface area contributed by atoms with Gasteiger partial charge in [0.15, 0.2) is 0 Å². The molecule has 2 heterocycles. The second-order valence-electron chi connectivity index (χ2n) is 5.94. The van der Waals surface area contributed by atoms with Gasteiger partial charge in [0, 0.05) is 12.8 Å². The Morgan fingerprint density at radius 3 is 2.46 bits per heavy atom. The molecule has 1 saturated heterocycles. The van der Waals surface area contributed by atoms with Gasteiger partial charge in [-0.3, -0.25) is 14.7 Å². The Balaban J connectivity index is 1.45. The van der Waals surface area contributed by atoms with Crippen LogP contribution in [-0.2, 0) is 16.0 Å². The van der Waals surface area contributed by atoms with Crippen molar-refractivity contribution in [3.63, 3.8) is 0 Å². The summed E-state index contributed by atoms with van der Waals surface area (Å²) in [6.07, 6.45) is 0.795. The number of anilines is 1. The van der Waals surface area contributed by atoms with E-state index in [9.17, 15) is 9.59 Å². The van der Waals surface area contributed by atoms with Crippen molar-refractivity contribution in [3.05, 3.63) is 72.1 Å². The zero-order valence-corrected chi connectivity index (χ0v) is 14.6. The van der Waals surface area contributed by atoms with E-state index in [1.54, 1.807) is 12.1 Å². The van der Waals surface area contributed by atoms with Gasteiger partial charge in [-0.1, -0.05) is 60.3 Å². The van der Waals surface area contributed by atoms with E-state index in [0.29, 0.717) is 17.3 Å². The van der Waals surface area contributed by atoms with Crippen LogP contribution in [0.4, 0.5) is 5.69 Å². The van der Waals surface area contributed by atoms with Crippen molar-refractivity contribution in [1.82, 2.24) is 15.2 Å². The van der Waals surface area contributed by atoms with E-state index in [1.165, 1.54) is 16.7 Å². The SMILES string of the molecule is O=C1CC(Sc2n[nH]c(Cc3ccccc3)n2)C(=O)N1c1ccccc1. The Kier molecular flexibility index (Phi) is 4.53. The number of benzene rings is 2. The summed E-state index contributed by atoms with van der Waals surface area (Å²) >= 11 is 1.23. The second-order valence-corrected chi connectivity index (χ2v) is 7.11. The summed E-state index contributed by atoms with van der Waals surface area (Å²) in [5.74, 6) is 0.315. The molecular formula is C19H16N4O2S. The van der Waals surface area contributed by atoms with Crippen LogP contribution < -0.4 is 4.90 Å². The quantitative estimate of drug-likeness (QED) is 0.704. The number of nitrogens with one attached hydrogen (secondary N) is 1. The number of aromatic amines is 1. The topological polar surface area (TPSA) is 79.0 Å². The van der Waals surface area contributed by atoms with Gasteiger partial charge in [-0.05, 0) is 17.7 Å². The number of carbonyl (C=O) groups is 2. The zero-order chi connectivity index (χ0) is 17.9. The number of rotatable bonds is 5. The van der Waals surface area contributed by atoms with Crippen LogP contribution in [0.5, 0.6) is 0 Å². The number of para-hydroxylation sites is 1. The normalized spacial score (nSPS) is 17.1. The van der Waals surface area contributed by atoms with Crippen molar-refractivity contribution < 1.29 is 9.59 Å². The summed E-state index contributed by atoms with van der Waals surface area (Å²) in [6, 6.07) is 18.9. The molecule has 2 aromatic carbocycles. The fourth-order valence-corrected chi connectivity index (χ4v) is 3.82. The summed E-state index contributed by atoms with van der Waals surface area (Å²) in [6.45, 7) is 0. The average Bonchev–Trinajstić information content (AvgIpc) is 3.21. The van der Waals surface area contributed by atoms with Gasteiger partial charge in [-0.2, -0.15) is 0 Å². The molecule has 1 N–H and O–H groups in total. The molecule has 0 radical (unpaired) electrons. The number of thioether (sulfide) groups is 1. The Morgan fingerprint density at radius 2 is 1.73 bits per heavy atom. The molecule has 1 aliphatic rings. The summed E-state index contributed by atoms with van der Waals surface area (Å²) in [4.78, 5) is 30.6. The predicted octanol–water partition coefficient (Wildman–Crippen LogP) is 2.82. The summed E-state index contributed by atoms with van der Waals surface area (Å²) in [5.41, 5.74) is 1.73. The molecule has 1 fully saturated rings. The van der Waals surface area contributed by atoms with Crippen LogP contribution in [0.15, 0.2) is 65.8 Å². The monoisotopic (exact) mass is 364 g/mol. The molecule has 0 aliphatic carbocycles. The molecule has 0 bridgehead atoms. The summed E-state index contributed by atoms with van der Waals surface area (Å²) in [7, 11) is 0. The largest absolute Gasteiger partial charge is 0.274 e. The minimum absolute atomic E-state index is 0.154. The first-order valence-electron chi connectivity index (χ1n) is 8.24. The molecule has 130 valence electrons. The highest BCUT2D eigenvalue weighted by molar-refractivity contribution is 8.00. The van der Waals surface area contributed by atoms with Crippen LogP contribution in [0.25, 0.3) is 0 Å². The third-order valence-electron chi connectivity index (χ3n) is 4.09. The second kappa shape index (κ2) is 7.13. The molecule has 2 amide bonds. The Bertz CT molecular complexity index is 927. The molecule has 3 aromatic rings. The van der Waals surface area contributed by atoms with Gasteiger partial charge in [-0.25, -0.2) is 9.88 Å². The lowest BCUT2D eigenvalue weighted by Crippen LogP contribution is -2.31. The van der Waals surface area contributed by atoms with Gasteiger partial charge in [0.2, 0.25) is 17.0 Å². The first-order chi connectivity index (χ1) is 12.7. The van der Waals surface area contributed by atoms with E-state index in [0.717, 1.165) is 11.4 Å². The third kappa shape index (κ3) is 3.39. The van der Waals surface area contributed by atoms with Crippen molar-refractivity contribution in [2.45, 2.75) is 23.2 Å². The van der Waals surface area contributed by atoms with Crippen molar-refractivity contribution in [1.29, 1.82) is 0 Å². The Labute approximate surface area is 154 Å². The minimum atomic E-state index is -0.497. The fourth-order valence-electron chi connectivity index (χ4n) is 2.87. The van der Waals surface area contributed by atoms with Crippen molar-refractivity contribution in [2.75, 3.05) is 4.90 Å². The van der Waals surface area contributed by atoms with Crippen LogP contribution in [0, 0.1) is 0 Å². The molecule has 1 aromatic heterocycles. The molecular weight excluding hydrogens is 348 g/mol. The first kappa shape index (κ1) is 16.5. The van der Waals surface area contributed by atoms with Crippen molar-refractivity contribution in [2.24, 2.45) is 0 Å². The Hall–Kier alpha value is -2.93. The van der Waals surface area contributed by atoms with E-state index < -0.39 is 5.25 Å². The zero-order valence-electron chi connectivity index (χ0n) is 13.8. The number of carbonyl (C=O) groups excluding carboxylic acids is 2. The number of hydrogen-bond donors (Lipinski definition) is 1. The third-order valence-corrected chi connectivity index (χ3v) is 5.14. The predicted molar refractivity (Wildman–Crippen MR) is 98.8 cm³/mol. The highest BCUT2D eigenvalue weighted by Crippen LogP contribution is 2.32. The summed E-state index contributed by atoms with van der Waals surface area (Å²) in [5, 5.41) is 7.07. The molecule has 1 aliphatic heterocycles. The number of amides is 2. The molecule has 0 spiro atoms. The maximum atomic E-state index is 12.6. The number of imide groups is 1. The van der Waals surface area contributed by atoms with Gasteiger partial charge < -0.3 is 0 Å². The average molecular weight is 364 g/mol. The van der Waals surface area contributed by atoms with E-state index in [2.05, 4.69) is 15.2 Å².